The van der Waals surface area contributed by atoms with Gasteiger partial charge < -0.3 is 25.0 Å². The molecule has 1 saturated heterocycles. The molecule has 0 saturated carbocycles. The number of phenolic OH excluding ortho intramolecular Hbond substituents is 1. The number of aliphatic carboxylic acids is 1. The molecule has 2 bridgehead atoms. The van der Waals surface area contributed by atoms with Crippen molar-refractivity contribution in [2.45, 2.75) is 43.4 Å². The van der Waals surface area contributed by atoms with Crippen LogP contribution in [-0.4, -0.2) is 58.0 Å². The van der Waals surface area contributed by atoms with E-state index < -0.39 is 12.1 Å². The molecule has 2 aliphatic heterocycles. The fourth-order valence-electron chi connectivity index (χ4n) is 5.31. The second kappa shape index (κ2) is 5.47. The van der Waals surface area contributed by atoms with Gasteiger partial charge in [0.05, 0.1) is 6.10 Å². The number of carbonyl (C=O) groups is 1. The number of aliphatic hydroxyl groups is 1. The number of benzene rings is 1. The highest BCUT2D eigenvalue weighted by Crippen LogP contribution is 2.62. The molecule has 5 atom stereocenters. The van der Waals surface area contributed by atoms with Crippen molar-refractivity contribution in [2.75, 3.05) is 13.6 Å². The second-order valence-electron chi connectivity index (χ2n) is 7.45. The molecule has 134 valence electrons. The third-order valence-electron chi connectivity index (χ3n) is 6.17. The number of piperidine rings is 1. The van der Waals surface area contributed by atoms with E-state index in [1.807, 2.05) is 18.2 Å². The molecule has 6 heteroatoms. The molecule has 25 heavy (non-hydrogen) atoms. The van der Waals surface area contributed by atoms with E-state index >= 15 is 0 Å². The summed E-state index contributed by atoms with van der Waals surface area (Å²) in [6.45, 7) is 2.09. The standard InChI is InChI=1S/C17H19NO3.C2H4O2/c1-18-7-6-17-13-5-4-11(19)15(17)10(18)8-9-2-3-12(20)16(21-13)14(9)17;1-2(3)4/h2-5,10-11,13,15,19-20H,6-8H2,1H3;1H3,(H,3,4)/t10-,11-,13+,15-,17-;/m1./s1. The maximum absolute atomic E-state index is 10.6. The van der Waals surface area contributed by atoms with Crippen LogP contribution in [0.3, 0.4) is 0 Å². The van der Waals surface area contributed by atoms with Gasteiger partial charge in [-0.05, 0) is 44.1 Å². The summed E-state index contributed by atoms with van der Waals surface area (Å²) < 4.78 is 6.13. The Morgan fingerprint density at radius 1 is 1.36 bits per heavy atom. The van der Waals surface area contributed by atoms with Crippen molar-refractivity contribution in [3.63, 3.8) is 0 Å². The number of hydrogen-bond acceptors (Lipinski definition) is 5. The Kier molecular flexibility index (Phi) is 3.60. The monoisotopic (exact) mass is 345 g/mol. The first-order valence-electron chi connectivity index (χ1n) is 8.64. The van der Waals surface area contributed by atoms with Crippen LogP contribution in [0.5, 0.6) is 11.5 Å². The van der Waals surface area contributed by atoms with E-state index in [1.165, 1.54) is 11.1 Å². The van der Waals surface area contributed by atoms with Gasteiger partial charge in [-0.3, -0.25) is 4.79 Å². The van der Waals surface area contributed by atoms with Gasteiger partial charge >= 0.3 is 0 Å². The highest BCUT2D eigenvalue weighted by molar-refractivity contribution is 5.63. The summed E-state index contributed by atoms with van der Waals surface area (Å²) in [6, 6.07) is 4.13. The quantitative estimate of drug-likeness (QED) is 0.614. The van der Waals surface area contributed by atoms with E-state index in [0.717, 1.165) is 26.3 Å². The Balaban J connectivity index is 0.000000358. The van der Waals surface area contributed by atoms with Gasteiger partial charge in [-0.15, -0.1) is 0 Å². The lowest BCUT2D eigenvalue weighted by Crippen LogP contribution is -2.65. The summed E-state index contributed by atoms with van der Waals surface area (Å²) in [7, 11) is 2.15. The van der Waals surface area contributed by atoms with Crippen LogP contribution in [-0.2, 0) is 16.6 Å². The zero-order valence-electron chi connectivity index (χ0n) is 14.3. The molecule has 0 unspecified atom stereocenters. The molecule has 1 spiro atoms. The van der Waals surface area contributed by atoms with Gasteiger partial charge in [0.1, 0.15) is 6.10 Å². The molecule has 0 amide bonds. The number of ether oxygens (including phenoxy) is 1. The topological polar surface area (TPSA) is 90.2 Å². The molecular formula is C19H23NO5. The predicted octanol–water partition coefficient (Wildman–Crippen LogP) is 1.29. The lowest BCUT2D eigenvalue weighted by Gasteiger charge is -2.57. The van der Waals surface area contributed by atoms with E-state index in [0.29, 0.717) is 11.8 Å². The van der Waals surface area contributed by atoms with Crippen LogP contribution in [0.25, 0.3) is 0 Å². The van der Waals surface area contributed by atoms with Gasteiger partial charge in [0.25, 0.3) is 5.97 Å². The predicted molar refractivity (Wildman–Crippen MR) is 90.9 cm³/mol. The van der Waals surface area contributed by atoms with E-state index in [9.17, 15) is 10.2 Å². The molecule has 2 heterocycles. The van der Waals surface area contributed by atoms with Crippen molar-refractivity contribution in [3.05, 3.63) is 35.4 Å². The maximum atomic E-state index is 10.6. The highest BCUT2D eigenvalue weighted by atomic mass is 16.5. The van der Waals surface area contributed by atoms with Gasteiger partial charge in [0.15, 0.2) is 11.5 Å². The minimum absolute atomic E-state index is 0.0514. The van der Waals surface area contributed by atoms with Crippen LogP contribution in [0, 0.1) is 5.92 Å². The normalized spacial score (nSPS) is 36.8. The lowest BCUT2D eigenvalue weighted by molar-refractivity contribution is -0.134. The lowest BCUT2D eigenvalue weighted by atomic mass is 9.52. The largest absolute Gasteiger partial charge is 0.504 e. The number of carboxylic acids is 1. The number of aromatic hydroxyl groups is 1. The van der Waals surface area contributed by atoms with Crippen molar-refractivity contribution in [3.8, 4) is 11.5 Å². The van der Waals surface area contributed by atoms with Gasteiger partial charge in [-0.2, -0.15) is 0 Å². The molecule has 1 fully saturated rings. The highest BCUT2D eigenvalue weighted by Gasteiger charge is 2.64. The van der Waals surface area contributed by atoms with E-state index in [2.05, 4.69) is 11.9 Å². The van der Waals surface area contributed by atoms with Crippen molar-refractivity contribution in [1.82, 2.24) is 4.90 Å². The summed E-state index contributed by atoms with van der Waals surface area (Å²) in [5, 5.41) is 28.2. The number of carboxylic acid groups (broad SMARTS) is 1. The molecule has 6 nitrogen and oxygen atoms in total. The Morgan fingerprint density at radius 3 is 2.80 bits per heavy atom. The van der Waals surface area contributed by atoms with Crippen LogP contribution < -0.4 is 4.74 Å². The van der Waals surface area contributed by atoms with Gasteiger partial charge in [-0.25, -0.2) is 0 Å². The zero-order chi connectivity index (χ0) is 17.9. The van der Waals surface area contributed by atoms with E-state index in [4.69, 9.17) is 14.6 Å². The van der Waals surface area contributed by atoms with Gasteiger partial charge in [0.2, 0.25) is 0 Å². The molecule has 3 N–H and O–H groups in total. The third kappa shape index (κ3) is 2.14. The van der Waals surface area contributed by atoms with E-state index in [-0.39, 0.29) is 23.2 Å². The molecule has 2 aliphatic carbocycles. The maximum Gasteiger partial charge on any atom is 0.300 e. The first-order valence-corrected chi connectivity index (χ1v) is 8.64. The van der Waals surface area contributed by atoms with E-state index in [1.54, 1.807) is 6.07 Å². The Hall–Kier alpha value is -2.05. The Labute approximate surface area is 146 Å². The summed E-state index contributed by atoms with van der Waals surface area (Å²) in [5.74, 6) is 0.211. The molecule has 0 aromatic heterocycles. The number of likely N-dealkylation sites (N-methyl/N-ethyl adjacent to an activating group) is 1. The minimum Gasteiger partial charge on any atom is -0.504 e. The van der Waals surface area contributed by atoms with Crippen LogP contribution >= 0.6 is 0 Å². The molecular weight excluding hydrogens is 322 g/mol. The van der Waals surface area contributed by atoms with Crippen molar-refractivity contribution < 1.29 is 24.9 Å². The SMILES string of the molecule is CC(=O)O.CN1CC[C@]23c4c5ccc(O)c4O[C@H]2C=C[C@@H](O)[C@H]3[C@H]1C5. The number of nitrogens with zero attached hydrogens (tertiary/aromatic N) is 1. The summed E-state index contributed by atoms with van der Waals surface area (Å²) in [4.78, 5) is 11.4. The van der Waals surface area contributed by atoms with Gasteiger partial charge in [-0.1, -0.05) is 12.1 Å². The molecule has 5 rings (SSSR count). The smallest absolute Gasteiger partial charge is 0.300 e. The number of hydrogen-bond donors (Lipinski definition) is 3. The summed E-state index contributed by atoms with van der Waals surface area (Å²) >= 11 is 0. The van der Waals surface area contributed by atoms with Crippen molar-refractivity contribution in [1.29, 1.82) is 0 Å². The molecule has 1 aromatic rings. The van der Waals surface area contributed by atoms with Crippen molar-refractivity contribution >= 4 is 5.97 Å². The average molecular weight is 345 g/mol. The minimum atomic E-state index is -0.833. The fraction of sp³-hybridized carbons (Fsp3) is 0.526. The summed E-state index contributed by atoms with van der Waals surface area (Å²) in [6.07, 6.45) is 5.29. The van der Waals surface area contributed by atoms with Crippen LogP contribution in [0.15, 0.2) is 24.3 Å². The Morgan fingerprint density at radius 2 is 2.08 bits per heavy atom. The number of phenols is 1. The summed E-state index contributed by atoms with van der Waals surface area (Å²) in [5.41, 5.74) is 2.29. The number of likely N-dealkylation sites (tertiary alicyclic amines) is 1. The Bertz CT molecular complexity index is 756. The van der Waals surface area contributed by atoms with Gasteiger partial charge in [0, 0.05) is 29.9 Å². The van der Waals surface area contributed by atoms with Crippen molar-refractivity contribution in [2.24, 2.45) is 5.92 Å². The third-order valence-corrected chi connectivity index (χ3v) is 6.17. The second-order valence-corrected chi connectivity index (χ2v) is 7.45. The number of aliphatic hydroxyl groups excluding tert-OH is 1. The first kappa shape index (κ1) is 16.4. The van der Waals surface area contributed by atoms with Crippen LogP contribution in [0.2, 0.25) is 0 Å². The van der Waals surface area contributed by atoms with Crippen LogP contribution in [0.1, 0.15) is 24.5 Å². The molecule has 1 aromatic carbocycles. The molecule has 0 radical (unpaired) electrons. The number of rotatable bonds is 0. The molecule has 4 aliphatic rings. The van der Waals surface area contributed by atoms with Crippen LogP contribution in [0.4, 0.5) is 0 Å². The first-order chi connectivity index (χ1) is 11.9. The fourth-order valence-corrected chi connectivity index (χ4v) is 5.31. The average Bonchev–Trinajstić information content (AvgIpc) is 2.88. The zero-order valence-corrected chi connectivity index (χ0v) is 14.3.